The normalized spacial score (nSPS) is 14.9. The Morgan fingerprint density at radius 1 is 1.23 bits per heavy atom. The Hall–Kier alpha value is -2.27. The molecule has 116 valence electrons. The zero-order valence-electron chi connectivity index (χ0n) is 12.8. The van der Waals surface area contributed by atoms with Crippen molar-refractivity contribution in [2.45, 2.75) is 6.54 Å². The zero-order valence-corrected chi connectivity index (χ0v) is 12.8. The van der Waals surface area contributed by atoms with Gasteiger partial charge in [-0.3, -0.25) is 4.79 Å². The van der Waals surface area contributed by atoms with Gasteiger partial charge in [-0.25, -0.2) is 0 Å². The molecule has 1 saturated heterocycles. The smallest absolute Gasteiger partial charge is 0.249 e. The van der Waals surface area contributed by atoms with Gasteiger partial charge >= 0.3 is 0 Å². The molecule has 1 aromatic carbocycles. The first-order valence-corrected chi connectivity index (χ1v) is 7.54. The van der Waals surface area contributed by atoms with Crippen molar-refractivity contribution >= 4 is 11.4 Å². The predicted octanol–water partition coefficient (Wildman–Crippen LogP) is 1.85. The first kappa shape index (κ1) is 14.7. The summed E-state index contributed by atoms with van der Waals surface area (Å²) < 4.78 is 5.43. The van der Waals surface area contributed by atoms with Crippen LogP contribution >= 0.6 is 0 Å². The molecule has 0 atom stereocenters. The summed E-state index contributed by atoms with van der Waals surface area (Å²) in [5.41, 5.74) is 3.35. The van der Waals surface area contributed by atoms with Gasteiger partial charge in [0.05, 0.1) is 13.2 Å². The molecule has 1 aliphatic heterocycles. The Bertz CT molecular complexity index is 677. The predicted molar refractivity (Wildman–Crippen MR) is 88.6 cm³/mol. The van der Waals surface area contributed by atoms with Crippen molar-refractivity contribution in [1.29, 1.82) is 0 Å². The van der Waals surface area contributed by atoms with Crippen molar-refractivity contribution in [3.05, 3.63) is 58.5 Å². The summed E-state index contributed by atoms with van der Waals surface area (Å²) in [5.74, 6) is 0. The number of pyridine rings is 1. The fraction of sp³-hybridized carbons (Fsp3) is 0.353. The first-order valence-electron chi connectivity index (χ1n) is 7.54. The van der Waals surface area contributed by atoms with Crippen LogP contribution < -0.4 is 15.4 Å². The molecule has 5 heteroatoms. The number of anilines is 2. The Labute approximate surface area is 130 Å². The summed E-state index contributed by atoms with van der Waals surface area (Å²) in [6, 6.07) is 12.0. The number of aromatic amines is 1. The van der Waals surface area contributed by atoms with Crippen molar-refractivity contribution in [2.75, 3.05) is 43.2 Å². The van der Waals surface area contributed by atoms with Crippen molar-refractivity contribution in [1.82, 2.24) is 4.98 Å². The fourth-order valence-corrected chi connectivity index (χ4v) is 2.77. The van der Waals surface area contributed by atoms with Gasteiger partial charge < -0.3 is 19.5 Å². The van der Waals surface area contributed by atoms with Crippen molar-refractivity contribution in [3.8, 4) is 0 Å². The van der Waals surface area contributed by atoms with Gasteiger partial charge in [0.15, 0.2) is 0 Å². The average Bonchev–Trinajstić information content (AvgIpc) is 2.56. The molecule has 0 radical (unpaired) electrons. The van der Waals surface area contributed by atoms with Crippen molar-refractivity contribution < 1.29 is 4.74 Å². The van der Waals surface area contributed by atoms with E-state index in [1.807, 2.05) is 13.1 Å². The molecule has 2 aromatic rings. The molecule has 22 heavy (non-hydrogen) atoms. The number of morpholine rings is 1. The van der Waals surface area contributed by atoms with Crippen molar-refractivity contribution in [3.63, 3.8) is 0 Å². The van der Waals surface area contributed by atoms with E-state index < -0.39 is 0 Å². The second-order valence-electron chi connectivity index (χ2n) is 5.50. The molecular formula is C17H21N3O2. The Morgan fingerprint density at radius 2 is 2.00 bits per heavy atom. The fourth-order valence-electron chi connectivity index (χ4n) is 2.77. The Balaban J connectivity index is 1.81. The molecule has 5 nitrogen and oxygen atoms in total. The van der Waals surface area contributed by atoms with E-state index in [0.717, 1.165) is 38.5 Å². The van der Waals surface area contributed by atoms with Crippen LogP contribution in [0.5, 0.6) is 0 Å². The number of hydrogen-bond acceptors (Lipinski definition) is 4. The molecular weight excluding hydrogens is 278 g/mol. The molecule has 0 unspecified atom stereocenters. The second kappa shape index (κ2) is 6.66. The lowest BCUT2D eigenvalue weighted by molar-refractivity contribution is 0.122. The van der Waals surface area contributed by atoms with Crippen LogP contribution in [0.25, 0.3) is 0 Å². The van der Waals surface area contributed by atoms with E-state index in [4.69, 9.17) is 4.74 Å². The van der Waals surface area contributed by atoms with Gasteiger partial charge in [0.2, 0.25) is 5.56 Å². The highest BCUT2D eigenvalue weighted by molar-refractivity contribution is 5.56. The number of nitrogens with one attached hydrogen (secondary N) is 1. The highest BCUT2D eigenvalue weighted by Crippen LogP contribution is 2.24. The van der Waals surface area contributed by atoms with Crippen LogP contribution in [-0.2, 0) is 11.3 Å². The van der Waals surface area contributed by atoms with E-state index in [1.54, 1.807) is 12.3 Å². The maximum absolute atomic E-state index is 11.5. The maximum Gasteiger partial charge on any atom is 0.249 e. The highest BCUT2D eigenvalue weighted by Gasteiger charge is 2.15. The minimum absolute atomic E-state index is 0.0779. The third-order valence-electron chi connectivity index (χ3n) is 3.95. The molecule has 0 bridgehead atoms. The molecule has 1 N–H and O–H groups in total. The van der Waals surface area contributed by atoms with Gasteiger partial charge in [-0.1, -0.05) is 18.2 Å². The van der Waals surface area contributed by atoms with Crippen LogP contribution in [0.2, 0.25) is 0 Å². The topological polar surface area (TPSA) is 48.6 Å². The van der Waals surface area contributed by atoms with Gasteiger partial charge in [0.1, 0.15) is 0 Å². The number of rotatable bonds is 4. The molecule has 0 amide bonds. The average molecular weight is 299 g/mol. The molecule has 2 heterocycles. The lowest BCUT2D eigenvalue weighted by Gasteiger charge is -2.31. The number of aromatic nitrogens is 1. The summed E-state index contributed by atoms with van der Waals surface area (Å²) >= 11 is 0. The van der Waals surface area contributed by atoms with Gasteiger partial charge in [-0.2, -0.15) is 0 Å². The summed E-state index contributed by atoms with van der Waals surface area (Å²) in [5, 5.41) is 0. The van der Waals surface area contributed by atoms with E-state index in [-0.39, 0.29) is 5.56 Å². The Kier molecular flexibility index (Phi) is 4.44. The summed E-state index contributed by atoms with van der Waals surface area (Å²) in [6.45, 7) is 4.16. The monoisotopic (exact) mass is 299 g/mol. The van der Waals surface area contributed by atoms with Gasteiger partial charge in [0, 0.05) is 50.3 Å². The van der Waals surface area contributed by atoms with Crippen LogP contribution in [0.4, 0.5) is 11.4 Å². The number of hydrogen-bond donors (Lipinski definition) is 1. The van der Waals surface area contributed by atoms with E-state index in [1.165, 1.54) is 11.3 Å². The minimum atomic E-state index is -0.0779. The Morgan fingerprint density at radius 3 is 2.77 bits per heavy atom. The van der Waals surface area contributed by atoms with Crippen LogP contribution in [0.15, 0.2) is 47.4 Å². The summed E-state index contributed by atoms with van der Waals surface area (Å²) in [7, 11) is 2.00. The first-order chi connectivity index (χ1) is 10.7. The van der Waals surface area contributed by atoms with E-state index >= 15 is 0 Å². The summed E-state index contributed by atoms with van der Waals surface area (Å²) in [6.07, 6.45) is 1.68. The van der Waals surface area contributed by atoms with Crippen molar-refractivity contribution in [2.24, 2.45) is 0 Å². The van der Waals surface area contributed by atoms with Gasteiger partial charge in [-0.05, 0) is 17.7 Å². The van der Waals surface area contributed by atoms with Gasteiger partial charge in [-0.15, -0.1) is 0 Å². The lowest BCUT2D eigenvalue weighted by Crippen LogP contribution is -2.37. The zero-order chi connectivity index (χ0) is 15.4. The number of nitrogens with zero attached hydrogens (tertiary/aromatic N) is 2. The van der Waals surface area contributed by atoms with E-state index in [0.29, 0.717) is 0 Å². The SMILES string of the molecule is CN(Cc1ccccc1N1CCOCC1)c1cc[nH]c(=O)c1. The van der Waals surface area contributed by atoms with Crippen LogP contribution in [-0.4, -0.2) is 38.3 Å². The molecule has 1 fully saturated rings. The van der Waals surface area contributed by atoms with Crippen LogP contribution in [0.3, 0.4) is 0 Å². The molecule has 1 aliphatic rings. The quantitative estimate of drug-likeness (QED) is 0.936. The molecule has 1 aromatic heterocycles. The van der Waals surface area contributed by atoms with Crippen LogP contribution in [0, 0.1) is 0 Å². The molecule has 0 saturated carbocycles. The minimum Gasteiger partial charge on any atom is -0.378 e. The third kappa shape index (κ3) is 3.31. The second-order valence-corrected chi connectivity index (χ2v) is 5.50. The third-order valence-corrected chi connectivity index (χ3v) is 3.95. The molecule has 0 aliphatic carbocycles. The molecule has 3 rings (SSSR count). The molecule has 0 spiro atoms. The summed E-state index contributed by atoms with van der Waals surface area (Å²) in [4.78, 5) is 18.6. The number of para-hydroxylation sites is 1. The van der Waals surface area contributed by atoms with E-state index in [9.17, 15) is 4.79 Å². The standard InChI is InChI=1S/C17H21N3O2/c1-19(15-6-7-18-17(21)12-15)13-14-4-2-3-5-16(14)20-8-10-22-11-9-20/h2-7,12H,8-11,13H2,1H3,(H,18,21). The van der Waals surface area contributed by atoms with Gasteiger partial charge in [0.25, 0.3) is 0 Å². The largest absolute Gasteiger partial charge is 0.378 e. The maximum atomic E-state index is 11.5. The number of ether oxygens (including phenoxy) is 1. The highest BCUT2D eigenvalue weighted by atomic mass is 16.5. The van der Waals surface area contributed by atoms with E-state index in [2.05, 4.69) is 39.0 Å². The number of H-pyrrole nitrogens is 1. The number of benzene rings is 1. The van der Waals surface area contributed by atoms with Crippen LogP contribution in [0.1, 0.15) is 5.56 Å². The lowest BCUT2D eigenvalue weighted by atomic mass is 10.1.